The van der Waals surface area contributed by atoms with E-state index in [9.17, 15) is 4.79 Å². The third kappa shape index (κ3) is 5.13. The van der Waals surface area contributed by atoms with Gasteiger partial charge in [0.1, 0.15) is 0 Å². The minimum atomic E-state index is -0.0496. The van der Waals surface area contributed by atoms with Crippen molar-refractivity contribution in [1.29, 1.82) is 0 Å². The minimum Gasteiger partial charge on any atom is -0.466 e. The standard InChI is InChI=1S/C16H31NO2/c1-5-17-16(12-15(18)19-6-2)10-7-8-14(9-11-16)13(3)4/h13-14,17H,5-12H2,1-4H3. The average Bonchev–Trinajstić information content (AvgIpc) is 2.53. The molecule has 1 saturated carbocycles. The Morgan fingerprint density at radius 2 is 2.05 bits per heavy atom. The van der Waals surface area contributed by atoms with Crippen molar-refractivity contribution in [3.05, 3.63) is 0 Å². The van der Waals surface area contributed by atoms with Crippen molar-refractivity contribution in [2.24, 2.45) is 11.8 Å². The number of rotatable bonds is 6. The molecule has 0 spiro atoms. The Hall–Kier alpha value is -0.570. The maximum Gasteiger partial charge on any atom is 0.307 e. The van der Waals surface area contributed by atoms with Gasteiger partial charge in [0.25, 0.3) is 0 Å². The Kier molecular flexibility index (Phi) is 6.84. The van der Waals surface area contributed by atoms with Crippen LogP contribution in [0.3, 0.4) is 0 Å². The molecule has 19 heavy (non-hydrogen) atoms. The van der Waals surface area contributed by atoms with Gasteiger partial charge in [-0.15, -0.1) is 0 Å². The van der Waals surface area contributed by atoms with Crippen LogP contribution in [-0.4, -0.2) is 24.7 Å². The molecular weight excluding hydrogens is 238 g/mol. The summed E-state index contributed by atoms with van der Waals surface area (Å²) < 4.78 is 5.15. The van der Waals surface area contributed by atoms with E-state index in [0.29, 0.717) is 13.0 Å². The molecule has 112 valence electrons. The summed E-state index contributed by atoms with van der Waals surface area (Å²) in [5.41, 5.74) is -0.0232. The molecular formula is C16H31NO2. The molecule has 3 nitrogen and oxygen atoms in total. The molecule has 2 unspecified atom stereocenters. The molecule has 3 heteroatoms. The van der Waals surface area contributed by atoms with Gasteiger partial charge in [-0.1, -0.05) is 33.6 Å². The van der Waals surface area contributed by atoms with E-state index in [2.05, 4.69) is 26.1 Å². The van der Waals surface area contributed by atoms with Crippen LogP contribution in [0.25, 0.3) is 0 Å². The number of ether oxygens (including phenoxy) is 1. The van der Waals surface area contributed by atoms with E-state index in [1.165, 1.54) is 19.3 Å². The molecule has 0 radical (unpaired) electrons. The first-order chi connectivity index (χ1) is 9.03. The maximum atomic E-state index is 11.9. The van der Waals surface area contributed by atoms with Gasteiger partial charge in [0.05, 0.1) is 13.0 Å². The smallest absolute Gasteiger partial charge is 0.307 e. The predicted molar refractivity (Wildman–Crippen MR) is 79.1 cm³/mol. The monoisotopic (exact) mass is 269 g/mol. The fourth-order valence-electron chi connectivity index (χ4n) is 3.38. The Bertz CT molecular complexity index is 278. The lowest BCUT2D eigenvalue weighted by Gasteiger charge is -2.33. The van der Waals surface area contributed by atoms with Crippen molar-refractivity contribution >= 4 is 5.97 Å². The van der Waals surface area contributed by atoms with Crippen molar-refractivity contribution in [3.8, 4) is 0 Å². The van der Waals surface area contributed by atoms with Gasteiger partial charge in [0.2, 0.25) is 0 Å². The van der Waals surface area contributed by atoms with Gasteiger partial charge in [-0.3, -0.25) is 4.79 Å². The zero-order valence-corrected chi connectivity index (χ0v) is 13.1. The van der Waals surface area contributed by atoms with Gasteiger partial charge in [0.15, 0.2) is 0 Å². The second kappa shape index (κ2) is 7.88. The Morgan fingerprint density at radius 1 is 1.32 bits per heavy atom. The third-order valence-corrected chi connectivity index (χ3v) is 4.51. The van der Waals surface area contributed by atoms with Crippen LogP contribution in [0, 0.1) is 11.8 Å². The largest absolute Gasteiger partial charge is 0.466 e. The first kappa shape index (κ1) is 16.5. The van der Waals surface area contributed by atoms with Crippen LogP contribution in [0.15, 0.2) is 0 Å². The third-order valence-electron chi connectivity index (χ3n) is 4.51. The SMILES string of the molecule is CCNC1(CC(=O)OCC)CCCC(C(C)C)CC1. The van der Waals surface area contributed by atoms with Crippen molar-refractivity contribution in [1.82, 2.24) is 5.32 Å². The first-order valence-electron chi connectivity index (χ1n) is 7.93. The van der Waals surface area contributed by atoms with Crippen molar-refractivity contribution in [3.63, 3.8) is 0 Å². The molecule has 0 heterocycles. The highest BCUT2D eigenvalue weighted by atomic mass is 16.5. The highest BCUT2D eigenvalue weighted by molar-refractivity contribution is 5.70. The predicted octanol–water partition coefficient (Wildman–Crippen LogP) is 3.52. The molecule has 1 aliphatic rings. The maximum absolute atomic E-state index is 11.9. The van der Waals surface area contributed by atoms with Crippen LogP contribution in [0.4, 0.5) is 0 Å². The van der Waals surface area contributed by atoms with E-state index < -0.39 is 0 Å². The highest BCUT2D eigenvalue weighted by Gasteiger charge is 2.35. The minimum absolute atomic E-state index is 0.0232. The second-order valence-corrected chi connectivity index (χ2v) is 6.23. The van der Waals surface area contributed by atoms with Crippen molar-refractivity contribution < 1.29 is 9.53 Å². The van der Waals surface area contributed by atoms with E-state index in [0.717, 1.165) is 31.2 Å². The van der Waals surface area contributed by atoms with E-state index in [1.54, 1.807) is 0 Å². The Balaban J connectivity index is 2.67. The summed E-state index contributed by atoms with van der Waals surface area (Å²) in [4.78, 5) is 11.9. The fraction of sp³-hybridized carbons (Fsp3) is 0.938. The number of carbonyl (C=O) groups excluding carboxylic acids is 1. The van der Waals surface area contributed by atoms with Crippen LogP contribution < -0.4 is 5.32 Å². The number of esters is 1. The average molecular weight is 269 g/mol. The van der Waals surface area contributed by atoms with Crippen LogP contribution in [0.5, 0.6) is 0 Å². The lowest BCUT2D eigenvalue weighted by atomic mass is 9.84. The van der Waals surface area contributed by atoms with E-state index in [4.69, 9.17) is 4.74 Å². The molecule has 0 saturated heterocycles. The van der Waals surface area contributed by atoms with E-state index in [-0.39, 0.29) is 11.5 Å². The molecule has 1 rings (SSSR count). The molecule has 0 aromatic heterocycles. The number of hydrogen-bond donors (Lipinski definition) is 1. The molecule has 0 aliphatic heterocycles. The summed E-state index contributed by atoms with van der Waals surface area (Å²) in [6.45, 7) is 10.0. The molecule has 0 aromatic carbocycles. The summed E-state index contributed by atoms with van der Waals surface area (Å²) in [5, 5.41) is 3.59. The van der Waals surface area contributed by atoms with Gasteiger partial charge in [-0.25, -0.2) is 0 Å². The first-order valence-corrected chi connectivity index (χ1v) is 7.93. The number of carbonyl (C=O) groups is 1. The molecule has 2 atom stereocenters. The van der Waals surface area contributed by atoms with Gasteiger partial charge >= 0.3 is 5.97 Å². The quantitative estimate of drug-likeness (QED) is 0.592. The van der Waals surface area contributed by atoms with Crippen molar-refractivity contribution in [2.45, 2.75) is 71.8 Å². The highest BCUT2D eigenvalue weighted by Crippen LogP contribution is 2.36. The summed E-state index contributed by atoms with van der Waals surface area (Å²) in [6, 6.07) is 0. The zero-order chi connectivity index (χ0) is 14.3. The molecule has 1 aliphatic carbocycles. The van der Waals surface area contributed by atoms with Crippen LogP contribution in [-0.2, 0) is 9.53 Å². The number of nitrogens with one attached hydrogen (secondary N) is 1. The van der Waals surface area contributed by atoms with E-state index in [1.807, 2.05) is 6.92 Å². The molecule has 0 aromatic rings. The van der Waals surface area contributed by atoms with Gasteiger partial charge in [-0.2, -0.15) is 0 Å². The fourth-order valence-corrected chi connectivity index (χ4v) is 3.38. The second-order valence-electron chi connectivity index (χ2n) is 6.23. The Morgan fingerprint density at radius 3 is 2.63 bits per heavy atom. The molecule has 0 bridgehead atoms. The molecule has 1 N–H and O–H groups in total. The van der Waals surface area contributed by atoms with Crippen LogP contribution in [0.1, 0.15) is 66.2 Å². The summed E-state index contributed by atoms with van der Waals surface area (Å²) in [5.74, 6) is 1.51. The summed E-state index contributed by atoms with van der Waals surface area (Å²) in [7, 11) is 0. The van der Waals surface area contributed by atoms with Gasteiger partial charge < -0.3 is 10.1 Å². The normalized spacial score (nSPS) is 28.2. The topological polar surface area (TPSA) is 38.3 Å². The zero-order valence-electron chi connectivity index (χ0n) is 13.1. The lowest BCUT2D eigenvalue weighted by Crippen LogP contribution is -2.46. The van der Waals surface area contributed by atoms with Crippen LogP contribution >= 0.6 is 0 Å². The molecule has 0 amide bonds. The van der Waals surface area contributed by atoms with Gasteiger partial charge in [-0.05, 0) is 44.6 Å². The Labute approximate surface area is 118 Å². The number of hydrogen-bond acceptors (Lipinski definition) is 3. The lowest BCUT2D eigenvalue weighted by molar-refractivity contribution is -0.145. The van der Waals surface area contributed by atoms with E-state index >= 15 is 0 Å². The summed E-state index contributed by atoms with van der Waals surface area (Å²) in [6.07, 6.45) is 6.47. The van der Waals surface area contributed by atoms with Crippen LogP contribution in [0.2, 0.25) is 0 Å². The van der Waals surface area contributed by atoms with Crippen molar-refractivity contribution in [2.75, 3.05) is 13.2 Å². The molecule has 1 fully saturated rings. The van der Waals surface area contributed by atoms with Gasteiger partial charge in [0, 0.05) is 5.54 Å². The summed E-state index contributed by atoms with van der Waals surface area (Å²) >= 11 is 0.